The predicted octanol–water partition coefficient (Wildman–Crippen LogP) is 4.62. The molecule has 0 aliphatic carbocycles. The van der Waals surface area contributed by atoms with E-state index in [9.17, 15) is 4.79 Å². The number of benzene rings is 2. The number of aromatic nitrogens is 2. The predicted molar refractivity (Wildman–Crippen MR) is 123 cm³/mol. The van der Waals surface area contributed by atoms with Crippen LogP contribution in [0, 0.1) is 4.77 Å². The molecule has 1 aromatic heterocycles. The Bertz CT molecular complexity index is 1040. The average molecular weight is 421 g/mol. The first-order chi connectivity index (χ1) is 14.5. The maximum Gasteiger partial charge on any atom is 0.253 e. The third kappa shape index (κ3) is 4.55. The van der Waals surface area contributed by atoms with Crippen molar-refractivity contribution in [2.75, 3.05) is 26.2 Å². The average Bonchev–Trinajstić information content (AvgIpc) is 3.20. The number of piperazine rings is 1. The third-order valence-electron chi connectivity index (χ3n) is 5.75. The summed E-state index contributed by atoms with van der Waals surface area (Å²) in [7, 11) is 0. The molecule has 6 heteroatoms. The fourth-order valence-corrected chi connectivity index (χ4v) is 4.08. The Balaban J connectivity index is 1.33. The maximum atomic E-state index is 12.9. The fraction of sp³-hybridized carbons (Fsp3) is 0.333. The van der Waals surface area contributed by atoms with Crippen LogP contribution < -0.4 is 0 Å². The van der Waals surface area contributed by atoms with Gasteiger partial charge in [-0.25, -0.2) is 0 Å². The van der Waals surface area contributed by atoms with Crippen molar-refractivity contribution in [3.05, 3.63) is 82.4 Å². The van der Waals surface area contributed by atoms with Crippen LogP contribution in [0.25, 0.3) is 5.69 Å². The van der Waals surface area contributed by atoms with E-state index < -0.39 is 0 Å². The van der Waals surface area contributed by atoms with E-state index in [1.165, 1.54) is 11.1 Å². The number of hydrogen-bond acceptors (Lipinski definition) is 3. The van der Waals surface area contributed by atoms with Crippen molar-refractivity contribution in [1.29, 1.82) is 0 Å². The van der Waals surface area contributed by atoms with Gasteiger partial charge < -0.3 is 9.88 Å². The van der Waals surface area contributed by atoms with Gasteiger partial charge in [0, 0.05) is 56.4 Å². The second-order valence-corrected chi connectivity index (χ2v) is 8.53. The molecule has 0 saturated carbocycles. The molecule has 1 amide bonds. The summed E-state index contributed by atoms with van der Waals surface area (Å²) < 4.78 is 2.53. The van der Waals surface area contributed by atoms with Crippen LogP contribution in [-0.4, -0.2) is 51.4 Å². The molecule has 1 fully saturated rings. The molecule has 0 radical (unpaired) electrons. The molecule has 1 N–H and O–H groups in total. The van der Waals surface area contributed by atoms with Crippen molar-refractivity contribution >= 4 is 18.1 Å². The lowest BCUT2D eigenvalue weighted by atomic mass is 10.0. The summed E-state index contributed by atoms with van der Waals surface area (Å²) in [5.41, 5.74) is 4.38. The topological polar surface area (TPSA) is 44.3 Å². The zero-order valence-corrected chi connectivity index (χ0v) is 18.4. The normalized spacial score (nSPS) is 15.0. The molecule has 30 heavy (non-hydrogen) atoms. The molecule has 4 rings (SSSR count). The molecule has 2 heterocycles. The number of aromatic amines is 1. The second kappa shape index (κ2) is 8.98. The molecule has 5 nitrogen and oxygen atoms in total. The Kier molecular flexibility index (Phi) is 6.16. The van der Waals surface area contributed by atoms with Gasteiger partial charge in [-0.1, -0.05) is 38.1 Å². The number of nitrogens with one attached hydrogen (secondary N) is 1. The molecule has 156 valence electrons. The molecule has 0 bridgehead atoms. The first-order valence-corrected chi connectivity index (χ1v) is 10.9. The van der Waals surface area contributed by atoms with E-state index in [2.05, 4.69) is 48.0 Å². The van der Waals surface area contributed by atoms with E-state index in [0.717, 1.165) is 44.0 Å². The van der Waals surface area contributed by atoms with Gasteiger partial charge in [0.1, 0.15) is 0 Å². The maximum absolute atomic E-state index is 12.9. The Labute approximate surface area is 183 Å². The van der Waals surface area contributed by atoms with Gasteiger partial charge in [-0.3, -0.25) is 14.3 Å². The summed E-state index contributed by atoms with van der Waals surface area (Å²) in [5.74, 6) is 0.655. The van der Waals surface area contributed by atoms with Crippen LogP contribution in [-0.2, 0) is 6.54 Å². The van der Waals surface area contributed by atoms with Crippen molar-refractivity contribution in [2.24, 2.45) is 0 Å². The Morgan fingerprint density at radius 1 is 1.00 bits per heavy atom. The lowest BCUT2D eigenvalue weighted by molar-refractivity contribution is 0.0628. The molecule has 3 aromatic rings. The Hall–Kier alpha value is -2.70. The zero-order valence-electron chi connectivity index (χ0n) is 17.5. The lowest BCUT2D eigenvalue weighted by Crippen LogP contribution is -2.48. The summed E-state index contributed by atoms with van der Waals surface area (Å²) in [6, 6.07) is 16.6. The molecule has 1 aliphatic rings. The van der Waals surface area contributed by atoms with Crippen LogP contribution in [0.4, 0.5) is 0 Å². The third-order valence-corrected chi connectivity index (χ3v) is 6.07. The monoisotopic (exact) mass is 420 g/mol. The largest absolute Gasteiger partial charge is 0.337 e. The molecule has 1 aliphatic heterocycles. The van der Waals surface area contributed by atoms with E-state index in [4.69, 9.17) is 12.2 Å². The summed E-state index contributed by atoms with van der Waals surface area (Å²) in [4.78, 5) is 20.3. The summed E-state index contributed by atoms with van der Waals surface area (Å²) in [6.45, 7) is 8.68. The first kappa shape index (κ1) is 20.6. The summed E-state index contributed by atoms with van der Waals surface area (Å²) in [5, 5.41) is 0. The minimum absolute atomic E-state index is 0.0974. The summed E-state index contributed by atoms with van der Waals surface area (Å²) in [6.07, 6.45) is 3.69. The van der Waals surface area contributed by atoms with Gasteiger partial charge in [0.05, 0.1) is 0 Å². The van der Waals surface area contributed by atoms with E-state index in [1.807, 2.05) is 39.9 Å². The van der Waals surface area contributed by atoms with Crippen molar-refractivity contribution in [1.82, 2.24) is 19.4 Å². The van der Waals surface area contributed by atoms with Gasteiger partial charge in [-0.2, -0.15) is 0 Å². The minimum atomic E-state index is 0.0974. The zero-order chi connectivity index (χ0) is 21.1. The van der Waals surface area contributed by atoms with Gasteiger partial charge in [-0.05, 0) is 53.5 Å². The smallest absolute Gasteiger partial charge is 0.253 e. The minimum Gasteiger partial charge on any atom is -0.337 e. The molecule has 1 saturated heterocycles. The van der Waals surface area contributed by atoms with E-state index in [-0.39, 0.29) is 5.91 Å². The van der Waals surface area contributed by atoms with Gasteiger partial charge >= 0.3 is 0 Å². The standard InChI is InChI=1S/C24H28N4OS/c1-18(2)20-5-3-19(4-6-20)17-26-13-15-27(16-14-26)23(29)21-7-9-22(10-8-21)28-12-11-25-24(28)30/h3-12,18H,13-17H2,1-2H3,(H,25,30). The summed E-state index contributed by atoms with van der Waals surface area (Å²) >= 11 is 5.26. The van der Waals surface area contributed by atoms with E-state index in [0.29, 0.717) is 10.7 Å². The number of amides is 1. The molecule has 0 unspecified atom stereocenters. The molecule has 2 aromatic carbocycles. The van der Waals surface area contributed by atoms with E-state index in [1.54, 1.807) is 6.20 Å². The van der Waals surface area contributed by atoms with Gasteiger partial charge in [0.15, 0.2) is 4.77 Å². The van der Waals surface area contributed by atoms with Crippen LogP contribution in [0.3, 0.4) is 0 Å². The number of nitrogens with zero attached hydrogens (tertiary/aromatic N) is 3. The van der Waals surface area contributed by atoms with Gasteiger partial charge in [-0.15, -0.1) is 0 Å². The molecule has 0 spiro atoms. The lowest BCUT2D eigenvalue weighted by Gasteiger charge is -2.34. The molecular formula is C24H28N4OS. The quantitative estimate of drug-likeness (QED) is 0.613. The molecule has 0 atom stereocenters. The number of hydrogen-bond donors (Lipinski definition) is 1. The van der Waals surface area contributed by atoms with Crippen LogP contribution in [0.2, 0.25) is 0 Å². The Morgan fingerprint density at radius 2 is 1.67 bits per heavy atom. The van der Waals surface area contributed by atoms with Crippen molar-refractivity contribution in [2.45, 2.75) is 26.3 Å². The van der Waals surface area contributed by atoms with E-state index >= 15 is 0 Å². The number of carbonyl (C=O) groups is 1. The van der Waals surface area contributed by atoms with Crippen LogP contribution in [0.15, 0.2) is 60.9 Å². The van der Waals surface area contributed by atoms with Crippen LogP contribution in [0.5, 0.6) is 0 Å². The van der Waals surface area contributed by atoms with Gasteiger partial charge in [0.25, 0.3) is 5.91 Å². The van der Waals surface area contributed by atoms with Crippen molar-refractivity contribution in [3.63, 3.8) is 0 Å². The highest BCUT2D eigenvalue weighted by atomic mass is 32.1. The highest BCUT2D eigenvalue weighted by Gasteiger charge is 2.22. The number of H-pyrrole nitrogens is 1. The first-order valence-electron chi connectivity index (χ1n) is 10.5. The fourth-order valence-electron chi connectivity index (χ4n) is 3.85. The Morgan fingerprint density at radius 3 is 2.23 bits per heavy atom. The van der Waals surface area contributed by atoms with Crippen molar-refractivity contribution in [3.8, 4) is 5.69 Å². The van der Waals surface area contributed by atoms with Crippen LogP contribution in [0.1, 0.15) is 41.3 Å². The number of imidazole rings is 1. The second-order valence-electron chi connectivity index (χ2n) is 8.15. The van der Waals surface area contributed by atoms with Crippen LogP contribution >= 0.6 is 12.2 Å². The molecular weight excluding hydrogens is 392 g/mol. The highest BCUT2D eigenvalue weighted by molar-refractivity contribution is 7.71. The highest BCUT2D eigenvalue weighted by Crippen LogP contribution is 2.17. The van der Waals surface area contributed by atoms with Gasteiger partial charge in [0.2, 0.25) is 0 Å². The van der Waals surface area contributed by atoms with Crippen molar-refractivity contribution < 1.29 is 4.79 Å². The SMILES string of the molecule is CC(C)c1ccc(CN2CCN(C(=O)c3ccc(-n4cc[nH]c4=S)cc3)CC2)cc1. The number of rotatable bonds is 5. The number of carbonyl (C=O) groups excluding carboxylic acids is 1.